The van der Waals surface area contributed by atoms with Gasteiger partial charge in [-0.2, -0.15) is 0 Å². The molecule has 1 saturated heterocycles. The van der Waals surface area contributed by atoms with E-state index in [9.17, 15) is 5.11 Å². The fourth-order valence-electron chi connectivity index (χ4n) is 2.13. The van der Waals surface area contributed by atoms with Gasteiger partial charge in [0.25, 0.3) is 0 Å². The number of benzene rings is 1. The summed E-state index contributed by atoms with van der Waals surface area (Å²) < 4.78 is 5.09. The lowest BCUT2D eigenvalue weighted by atomic mass is 10.0. The van der Waals surface area contributed by atoms with E-state index in [-0.39, 0.29) is 11.8 Å². The fraction of sp³-hybridized carbons (Fsp3) is 0.500. The van der Waals surface area contributed by atoms with Gasteiger partial charge in [0.05, 0.1) is 7.11 Å². The first-order valence-corrected chi connectivity index (χ1v) is 5.31. The quantitative estimate of drug-likeness (QED) is 0.780. The summed E-state index contributed by atoms with van der Waals surface area (Å²) in [5.74, 6) is 1.49. The minimum Gasteiger partial charge on any atom is -0.504 e. The van der Waals surface area contributed by atoms with Gasteiger partial charge >= 0.3 is 0 Å². The zero-order valence-corrected chi connectivity index (χ0v) is 9.16. The second-order valence-electron chi connectivity index (χ2n) is 4.20. The molecule has 0 spiro atoms. The Morgan fingerprint density at radius 1 is 1.47 bits per heavy atom. The molecule has 1 aromatic rings. The topological polar surface area (TPSA) is 41.5 Å². The van der Waals surface area contributed by atoms with Gasteiger partial charge in [-0.1, -0.05) is 19.1 Å². The minimum absolute atomic E-state index is 0.259. The fourth-order valence-corrected chi connectivity index (χ4v) is 2.13. The van der Waals surface area contributed by atoms with Crippen LogP contribution in [0.2, 0.25) is 0 Å². The number of phenols is 1. The lowest BCUT2D eigenvalue weighted by molar-refractivity contribution is 0.367. The van der Waals surface area contributed by atoms with Crippen LogP contribution in [0.25, 0.3) is 0 Å². The zero-order chi connectivity index (χ0) is 10.8. The van der Waals surface area contributed by atoms with Gasteiger partial charge in [0.15, 0.2) is 11.5 Å². The van der Waals surface area contributed by atoms with Gasteiger partial charge in [0.1, 0.15) is 0 Å². The van der Waals surface area contributed by atoms with Crippen molar-refractivity contribution in [3.8, 4) is 11.5 Å². The average molecular weight is 207 g/mol. The number of aromatic hydroxyl groups is 1. The van der Waals surface area contributed by atoms with Crippen molar-refractivity contribution in [1.29, 1.82) is 0 Å². The SMILES string of the molecule is COc1cccc([C@@H]2C[C@H](C)CN2)c1O. The number of hydrogen-bond acceptors (Lipinski definition) is 3. The van der Waals surface area contributed by atoms with Gasteiger partial charge in [0.2, 0.25) is 0 Å². The Balaban J connectivity index is 2.28. The Morgan fingerprint density at radius 2 is 2.27 bits per heavy atom. The molecule has 82 valence electrons. The first-order chi connectivity index (χ1) is 7.22. The first-order valence-electron chi connectivity index (χ1n) is 5.31. The largest absolute Gasteiger partial charge is 0.504 e. The molecular weight excluding hydrogens is 190 g/mol. The summed E-state index contributed by atoms with van der Waals surface area (Å²) in [5.41, 5.74) is 0.943. The van der Waals surface area contributed by atoms with Crippen molar-refractivity contribution in [3.63, 3.8) is 0 Å². The molecule has 0 aliphatic carbocycles. The Kier molecular flexibility index (Phi) is 2.82. The Bertz CT molecular complexity index is 351. The number of hydrogen-bond donors (Lipinski definition) is 2. The van der Waals surface area contributed by atoms with E-state index in [4.69, 9.17) is 4.74 Å². The number of nitrogens with one attached hydrogen (secondary N) is 1. The average Bonchev–Trinajstić information content (AvgIpc) is 2.65. The normalized spacial score (nSPS) is 25.5. The molecule has 1 fully saturated rings. The van der Waals surface area contributed by atoms with Crippen LogP contribution in [0.3, 0.4) is 0 Å². The molecule has 3 heteroatoms. The van der Waals surface area contributed by atoms with Crippen LogP contribution in [0, 0.1) is 5.92 Å². The summed E-state index contributed by atoms with van der Waals surface area (Å²) in [4.78, 5) is 0. The molecule has 0 saturated carbocycles. The summed E-state index contributed by atoms with van der Waals surface area (Å²) in [5, 5.41) is 13.4. The van der Waals surface area contributed by atoms with Gasteiger partial charge in [-0.3, -0.25) is 0 Å². The molecular formula is C12H17NO2. The van der Waals surface area contributed by atoms with E-state index in [1.807, 2.05) is 12.1 Å². The second kappa shape index (κ2) is 4.11. The molecule has 2 rings (SSSR count). The van der Waals surface area contributed by atoms with E-state index in [2.05, 4.69) is 12.2 Å². The molecule has 3 nitrogen and oxygen atoms in total. The predicted octanol–water partition coefficient (Wildman–Crippen LogP) is 2.07. The zero-order valence-electron chi connectivity index (χ0n) is 9.16. The van der Waals surface area contributed by atoms with Crippen LogP contribution in [0.1, 0.15) is 24.9 Å². The van der Waals surface area contributed by atoms with Crippen LogP contribution in [-0.4, -0.2) is 18.8 Å². The maximum Gasteiger partial charge on any atom is 0.162 e. The Hall–Kier alpha value is -1.22. The molecule has 2 N–H and O–H groups in total. The maximum absolute atomic E-state index is 9.97. The van der Waals surface area contributed by atoms with Crippen LogP contribution in [-0.2, 0) is 0 Å². The van der Waals surface area contributed by atoms with Crippen LogP contribution in [0.5, 0.6) is 11.5 Å². The molecule has 1 aromatic carbocycles. The molecule has 0 aromatic heterocycles. The molecule has 2 atom stereocenters. The van der Waals surface area contributed by atoms with Crippen molar-refractivity contribution in [2.45, 2.75) is 19.4 Å². The van der Waals surface area contributed by atoms with E-state index < -0.39 is 0 Å². The van der Waals surface area contributed by atoms with Crippen molar-refractivity contribution in [3.05, 3.63) is 23.8 Å². The molecule has 0 amide bonds. The second-order valence-corrected chi connectivity index (χ2v) is 4.20. The van der Waals surface area contributed by atoms with Crippen molar-refractivity contribution in [1.82, 2.24) is 5.32 Å². The number of rotatable bonds is 2. The Labute approximate surface area is 90.1 Å². The van der Waals surface area contributed by atoms with Gasteiger partial charge in [0, 0.05) is 11.6 Å². The van der Waals surface area contributed by atoms with Crippen molar-refractivity contribution in [2.24, 2.45) is 5.92 Å². The number of ether oxygens (including phenoxy) is 1. The van der Waals surface area contributed by atoms with Crippen molar-refractivity contribution in [2.75, 3.05) is 13.7 Å². The molecule has 0 radical (unpaired) electrons. The van der Waals surface area contributed by atoms with E-state index in [1.165, 1.54) is 0 Å². The smallest absolute Gasteiger partial charge is 0.162 e. The third-order valence-corrected chi connectivity index (χ3v) is 2.98. The third-order valence-electron chi connectivity index (χ3n) is 2.98. The number of methoxy groups -OCH3 is 1. The lowest BCUT2D eigenvalue weighted by Crippen LogP contribution is -2.13. The van der Waals surface area contributed by atoms with E-state index in [1.54, 1.807) is 13.2 Å². The van der Waals surface area contributed by atoms with E-state index in [0.29, 0.717) is 11.7 Å². The molecule has 15 heavy (non-hydrogen) atoms. The Morgan fingerprint density at radius 3 is 2.87 bits per heavy atom. The van der Waals surface area contributed by atoms with E-state index >= 15 is 0 Å². The van der Waals surface area contributed by atoms with Gasteiger partial charge in [-0.05, 0) is 24.9 Å². The van der Waals surface area contributed by atoms with Crippen LogP contribution < -0.4 is 10.1 Å². The highest BCUT2D eigenvalue weighted by molar-refractivity contribution is 5.47. The highest BCUT2D eigenvalue weighted by Gasteiger charge is 2.25. The molecule has 1 aliphatic heterocycles. The minimum atomic E-state index is 0.259. The van der Waals surface area contributed by atoms with Gasteiger partial charge in [-0.25, -0.2) is 0 Å². The first kappa shape index (κ1) is 10.3. The van der Waals surface area contributed by atoms with Crippen molar-refractivity contribution < 1.29 is 9.84 Å². The van der Waals surface area contributed by atoms with Crippen LogP contribution >= 0.6 is 0 Å². The molecule has 0 bridgehead atoms. The van der Waals surface area contributed by atoms with Gasteiger partial charge < -0.3 is 15.2 Å². The third kappa shape index (κ3) is 1.92. The van der Waals surface area contributed by atoms with E-state index in [0.717, 1.165) is 18.5 Å². The summed E-state index contributed by atoms with van der Waals surface area (Å²) in [6.45, 7) is 3.23. The molecule has 1 aliphatic rings. The summed E-state index contributed by atoms with van der Waals surface area (Å²) in [7, 11) is 1.57. The number of para-hydroxylation sites is 1. The monoisotopic (exact) mass is 207 g/mol. The summed E-state index contributed by atoms with van der Waals surface area (Å²) >= 11 is 0. The molecule has 0 unspecified atom stereocenters. The highest BCUT2D eigenvalue weighted by Crippen LogP contribution is 2.37. The summed E-state index contributed by atoms with van der Waals surface area (Å²) in [6.07, 6.45) is 1.07. The van der Waals surface area contributed by atoms with Gasteiger partial charge in [-0.15, -0.1) is 0 Å². The lowest BCUT2D eigenvalue weighted by Gasteiger charge is -2.14. The standard InChI is InChI=1S/C12H17NO2/c1-8-6-10(13-7-8)9-4-3-5-11(15-2)12(9)14/h3-5,8,10,13-14H,6-7H2,1-2H3/t8-,10-/m0/s1. The van der Waals surface area contributed by atoms with Crippen LogP contribution in [0.15, 0.2) is 18.2 Å². The summed E-state index contributed by atoms with van der Waals surface area (Å²) in [6, 6.07) is 5.90. The molecule has 1 heterocycles. The van der Waals surface area contributed by atoms with Crippen LogP contribution in [0.4, 0.5) is 0 Å². The highest BCUT2D eigenvalue weighted by atomic mass is 16.5. The predicted molar refractivity (Wildman–Crippen MR) is 59.2 cm³/mol. The number of phenolic OH excluding ortho intramolecular Hbond substituents is 1. The van der Waals surface area contributed by atoms with Crippen molar-refractivity contribution >= 4 is 0 Å². The maximum atomic E-state index is 9.97.